The van der Waals surface area contributed by atoms with E-state index in [1.807, 2.05) is 6.92 Å². The summed E-state index contributed by atoms with van der Waals surface area (Å²) in [6.07, 6.45) is -2.42. The van der Waals surface area contributed by atoms with Gasteiger partial charge in [0.2, 0.25) is 0 Å². The van der Waals surface area contributed by atoms with Gasteiger partial charge in [0.1, 0.15) is 0 Å². The number of halogens is 4. The van der Waals surface area contributed by atoms with Gasteiger partial charge in [0.05, 0.1) is 19.8 Å². The number of likely N-dealkylation sites (tertiary alicyclic amines) is 1. The average Bonchev–Trinajstić information content (AvgIpc) is 3.07. The van der Waals surface area contributed by atoms with Crippen molar-refractivity contribution in [3.63, 3.8) is 0 Å². The SMILES string of the molecule is CCNC(=NCCCN(C)CC(F)(F)F)N1CCC(N2CCOCC2)C1.I. The zero-order valence-electron chi connectivity index (χ0n) is 16.3. The first-order chi connectivity index (χ1) is 12.4. The molecule has 2 aliphatic rings. The molecule has 1 atom stereocenters. The molecule has 2 rings (SSSR count). The molecule has 0 aromatic carbocycles. The van der Waals surface area contributed by atoms with Crippen LogP contribution < -0.4 is 5.32 Å². The summed E-state index contributed by atoms with van der Waals surface area (Å²) < 4.78 is 42.4. The molecule has 0 amide bonds. The molecule has 0 aliphatic carbocycles. The van der Waals surface area contributed by atoms with Crippen molar-refractivity contribution in [3.8, 4) is 0 Å². The summed E-state index contributed by atoms with van der Waals surface area (Å²) in [6, 6.07) is 0.528. The number of hydrogen-bond donors (Lipinski definition) is 1. The zero-order valence-corrected chi connectivity index (χ0v) is 18.6. The largest absolute Gasteiger partial charge is 0.401 e. The maximum atomic E-state index is 12.3. The molecule has 2 fully saturated rings. The molecule has 1 N–H and O–H groups in total. The second-order valence-corrected chi connectivity index (χ2v) is 6.98. The summed E-state index contributed by atoms with van der Waals surface area (Å²) in [5, 5.41) is 3.31. The van der Waals surface area contributed by atoms with Crippen LogP contribution in [-0.4, -0.2) is 105 Å². The van der Waals surface area contributed by atoms with Crippen LogP contribution in [0.4, 0.5) is 13.2 Å². The molecule has 0 radical (unpaired) electrons. The van der Waals surface area contributed by atoms with Crippen LogP contribution in [0.25, 0.3) is 0 Å². The quantitative estimate of drug-likeness (QED) is 0.247. The molecule has 2 heterocycles. The van der Waals surface area contributed by atoms with E-state index in [0.29, 0.717) is 25.6 Å². The highest BCUT2D eigenvalue weighted by molar-refractivity contribution is 14.0. The second-order valence-electron chi connectivity index (χ2n) is 6.98. The summed E-state index contributed by atoms with van der Waals surface area (Å²) in [5.74, 6) is 0.877. The molecule has 2 aliphatic heterocycles. The van der Waals surface area contributed by atoms with Crippen molar-refractivity contribution in [2.24, 2.45) is 4.99 Å². The van der Waals surface area contributed by atoms with Gasteiger partial charge in [0.15, 0.2) is 5.96 Å². The normalized spacial score (nSPS) is 22.2. The van der Waals surface area contributed by atoms with Crippen molar-refractivity contribution in [2.45, 2.75) is 32.0 Å². The number of alkyl halides is 3. The highest BCUT2D eigenvalue weighted by Crippen LogP contribution is 2.17. The van der Waals surface area contributed by atoms with Crippen LogP contribution in [0.3, 0.4) is 0 Å². The third-order valence-corrected chi connectivity index (χ3v) is 4.77. The van der Waals surface area contributed by atoms with E-state index in [9.17, 15) is 13.2 Å². The number of aliphatic imine (C=N–C) groups is 1. The van der Waals surface area contributed by atoms with Crippen LogP contribution in [0.2, 0.25) is 0 Å². The monoisotopic (exact) mass is 507 g/mol. The first-order valence-electron chi connectivity index (χ1n) is 9.49. The lowest BCUT2D eigenvalue weighted by Gasteiger charge is -2.32. The van der Waals surface area contributed by atoms with Crippen LogP contribution in [-0.2, 0) is 4.74 Å². The number of nitrogens with one attached hydrogen (secondary N) is 1. The molecule has 0 bridgehead atoms. The van der Waals surface area contributed by atoms with E-state index in [1.54, 1.807) is 0 Å². The first-order valence-corrected chi connectivity index (χ1v) is 9.49. The standard InChI is InChI=1S/C17H32F3N5O.HI/c1-3-21-16(22-6-4-7-23(2)14-17(18,19)20)25-8-5-15(13-25)24-9-11-26-12-10-24;/h15H,3-14H2,1-2H3,(H,21,22);1H. The van der Waals surface area contributed by atoms with E-state index in [0.717, 1.165) is 58.3 Å². The molecule has 0 aromatic rings. The van der Waals surface area contributed by atoms with Gasteiger partial charge in [-0.25, -0.2) is 0 Å². The van der Waals surface area contributed by atoms with E-state index in [2.05, 4.69) is 20.1 Å². The van der Waals surface area contributed by atoms with Gasteiger partial charge in [-0.05, 0) is 33.4 Å². The van der Waals surface area contributed by atoms with Gasteiger partial charge in [-0.3, -0.25) is 14.8 Å². The Hall–Kier alpha value is -0.330. The summed E-state index contributed by atoms with van der Waals surface area (Å²) >= 11 is 0. The minimum atomic E-state index is -4.14. The minimum absolute atomic E-state index is 0. The van der Waals surface area contributed by atoms with Gasteiger partial charge >= 0.3 is 6.18 Å². The molecule has 160 valence electrons. The fraction of sp³-hybridized carbons (Fsp3) is 0.941. The van der Waals surface area contributed by atoms with Crippen molar-refractivity contribution in [2.75, 3.05) is 72.6 Å². The smallest absolute Gasteiger partial charge is 0.379 e. The van der Waals surface area contributed by atoms with Crippen LogP contribution >= 0.6 is 24.0 Å². The van der Waals surface area contributed by atoms with E-state index in [4.69, 9.17) is 4.74 Å². The van der Waals surface area contributed by atoms with Crippen LogP contribution in [0, 0.1) is 0 Å². The zero-order chi connectivity index (χ0) is 19.0. The number of morpholine rings is 1. The number of hydrogen-bond acceptors (Lipinski definition) is 4. The predicted molar refractivity (Wildman–Crippen MR) is 112 cm³/mol. The summed E-state index contributed by atoms with van der Waals surface area (Å²) in [6.45, 7) is 8.34. The molecule has 0 spiro atoms. The highest BCUT2D eigenvalue weighted by atomic mass is 127. The molecule has 0 saturated carbocycles. The Morgan fingerprint density at radius 3 is 2.59 bits per heavy atom. The molecule has 6 nitrogen and oxygen atoms in total. The lowest BCUT2D eigenvalue weighted by Crippen LogP contribution is -2.46. The Kier molecular flexibility index (Phi) is 11.2. The average molecular weight is 507 g/mol. The lowest BCUT2D eigenvalue weighted by molar-refractivity contribution is -0.143. The maximum Gasteiger partial charge on any atom is 0.401 e. The van der Waals surface area contributed by atoms with Crippen LogP contribution in [0.1, 0.15) is 19.8 Å². The third-order valence-electron chi connectivity index (χ3n) is 4.77. The summed E-state index contributed by atoms with van der Waals surface area (Å²) in [7, 11) is 1.50. The minimum Gasteiger partial charge on any atom is -0.379 e. The van der Waals surface area contributed by atoms with Crippen molar-refractivity contribution >= 4 is 29.9 Å². The number of guanidine groups is 1. The Morgan fingerprint density at radius 1 is 1.26 bits per heavy atom. The van der Waals surface area contributed by atoms with Crippen molar-refractivity contribution in [1.82, 2.24) is 20.0 Å². The highest BCUT2D eigenvalue weighted by Gasteiger charge is 2.30. The lowest BCUT2D eigenvalue weighted by atomic mass is 10.2. The number of nitrogens with zero attached hydrogens (tertiary/aromatic N) is 4. The molecule has 10 heteroatoms. The first kappa shape index (κ1) is 24.7. The van der Waals surface area contributed by atoms with Gasteiger partial charge in [0.25, 0.3) is 0 Å². The molecular weight excluding hydrogens is 474 g/mol. The molecule has 2 saturated heterocycles. The van der Waals surface area contributed by atoms with Gasteiger partial charge in [-0.2, -0.15) is 13.2 Å². The summed E-state index contributed by atoms with van der Waals surface area (Å²) in [5.41, 5.74) is 0. The van der Waals surface area contributed by atoms with E-state index < -0.39 is 12.7 Å². The van der Waals surface area contributed by atoms with Crippen LogP contribution in [0.15, 0.2) is 4.99 Å². The van der Waals surface area contributed by atoms with Gasteiger partial charge < -0.3 is 15.0 Å². The van der Waals surface area contributed by atoms with E-state index in [1.165, 1.54) is 11.9 Å². The molecule has 0 aromatic heterocycles. The number of ether oxygens (including phenoxy) is 1. The maximum absolute atomic E-state index is 12.3. The molecule has 1 unspecified atom stereocenters. The summed E-state index contributed by atoms with van der Waals surface area (Å²) in [4.78, 5) is 10.7. The number of rotatable bonds is 7. The van der Waals surface area contributed by atoms with Crippen molar-refractivity contribution in [3.05, 3.63) is 0 Å². The Labute approximate surface area is 177 Å². The van der Waals surface area contributed by atoms with Crippen molar-refractivity contribution < 1.29 is 17.9 Å². The van der Waals surface area contributed by atoms with E-state index in [-0.39, 0.29) is 24.0 Å². The topological polar surface area (TPSA) is 43.3 Å². The predicted octanol–water partition coefficient (Wildman–Crippen LogP) is 1.86. The fourth-order valence-corrected chi connectivity index (χ4v) is 3.51. The second kappa shape index (κ2) is 12.3. The van der Waals surface area contributed by atoms with Gasteiger partial charge in [0, 0.05) is 45.3 Å². The van der Waals surface area contributed by atoms with E-state index >= 15 is 0 Å². The fourth-order valence-electron chi connectivity index (χ4n) is 3.51. The molecule has 27 heavy (non-hydrogen) atoms. The third kappa shape index (κ3) is 9.14. The van der Waals surface area contributed by atoms with Gasteiger partial charge in [-0.1, -0.05) is 0 Å². The van der Waals surface area contributed by atoms with Gasteiger partial charge in [-0.15, -0.1) is 24.0 Å². The van der Waals surface area contributed by atoms with Crippen LogP contribution in [0.5, 0.6) is 0 Å². The Balaban J connectivity index is 0.00000364. The van der Waals surface area contributed by atoms with Crippen molar-refractivity contribution in [1.29, 1.82) is 0 Å². The Morgan fingerprint density at radius 2 is 1.96 bits per heavy atom. The Bertz CT molecular complexity index is 447. The molecular formula is C17H33F3IN5O.